The molecule has 21 heavy (non-hydrogen) atoms. The molecule has 0 unspecified atom stereocenters. The third kappa shape index (κ3) is 7.43. The molecule has 0 aliphatic rings. The van der Waals surface area contributed by atoms with E-state index in [9.17, 15) is 9.59 Å². The van der Waals surface area contributed by atoms with Crippen LogP contribution in [0.5, 0.6) is 0 Å². The van der Waals surface area contributed by atoms with Gasteiger partial charge in [0, 0.05) is 38.4 Å². The minimum Gasteiger partial charge on any atom is -0.382 e. The Morgan fingerprint density at radius 1 is 1.10 bits per heavy atom. The van der Waals surface area contributed by atoms with E-state index in [4.69, 9.17) is 9.47 Å². The van der Waals surface area contributed by atoms with E-state index in [1.807, 2.05) is 0 Å². The van der Waals surface area contributed by atoms with Crippen molar-refractivity contribution in [1.29, 1.82) is 0 Å². The number of benzene rings is 1. The van der Waals surface area contributed by atoms with Crippen LogP contribution in [-0.4, -0.2) is 45.3 Å². The summed E-state index contributed by atoms with van der Waals surface area (Å²) in [7, 11) is 1.63. The first kappa shape index (κ1) is 17.1. The Labute approximate surface area is 124 Å². The van der Waals surface area contributed by atoms with Crippen LogP contribution in [0.1, 0.15) is 23.7 Å². The molecule has 0 spiro atoms. The summed E-state index contributed by atoms with van der Waals surface area (Å²) >= 11 is 0. The topological polar surface area (TPSA) is 76.7 Å². The van der Waals surface area contributed by atoms with E-state index in [0.29, 0.717) is 37.6 Å². The van der Waals surface area contributed by atoms with Gasteiger partial charge in [-0.3, -0.25) is 9.59 Å². The van der Waals surface area contributed by atoms with Gasteiger partial charge < -0.3 is 20.1 Å². The van der Waals surface area contributed by atoms with Gasteiger partial charge in [0.25, 0.3) is 5.91 Å². The third-order valence-corrected chi connectivity index (χ3v) is 2.65. The van der Waals surface area contributed by atoms with Gasteiger partial charge in [0.05, 0.1) is 13.2 Å². The summed E-state index contributed by atoms with van der Waals surface area (Å²) in [5.74, 6) is -0.276. The van der Waals surface area contributed by atoms with Gasteiger partial charge in [-0.2, -0.15) is 0 Å². The Bertz CT molecular complexity index is 445. The summed E-state index contributed by atoms with van der Waals surface area (Å²) in [5, 5.41) is 5.46. The highest BCUT2D eigenvalue weighted by Crippen LogP contribution is 2.09. The lowest BCUT2D eigenvalue weighted by Gasteiger charge is -2.07. The van der Waals surface area contributed by atoms with Gasteiger partial charge in [-0.15, -0.1) is 0 Å². The quantitative estimate of drug-likeness (QED) is 0.675. The Morgan fingerprint density at radius 2 is 1.81 bits per heavy atom. The first-order valence-electron chi connectivity index (χ1n) is 6.86. The van der Waals surface area contributed by atoms with E-state index in [2.05, 4.69) is 10.6 Å². The number of carbonyl (C=O) groups excluding carboxylic acids is 2. The number of ether oxygens (including phenoxy) is 2. The summed E-state index contributed by atoms with van der Waals surface area (Å²) in [4.78, 5) is 22.7. The predicted octanol–water partition coefficient (Wildman–Crippen LogP) is 1.43. The summed E-state index contributed by atoms with van der Waals surface area (Å²) in [6.07, 6.45) is 0.749. The SMILES string of the molecule is COCCOCCCNC(=O)c1ccc(NC(C)=O)cc1. The van der Waals surface area contributed by atoms with Crippen LogP contribution in [0.15, 0.2) is 24.3 Å². The number of methoxy groups -OCH3 is 1. The first-order valence-corrected chi connectivity index (χ1v) is 6.86. The van der Waals surface area contributed by atoms with E-state index in [1.54, 1.807) is 31.4 Å². The lowest BCUT2D eigenvalue weighted by molar-refractivity contribution is -0.114. The number of hydrogen-bond donors (Lipinski definition) is 2. The maximum absolute atomic E-state index is 11.9. The molecule has 0 radical (unpaired) electrons. The summed E-state index contributed by atoms with van der Waals surface area (Å²) in [5.41, 5.74) is 1.23. The Balaban J connectivity index is 2.24. The molecule has 6 nitrogen and oxygen atoms in total. The van der Waals surface area contributed by atoms with Crippen LogP contribution in [0.3, 0.4) is 0 Å². The predicted molar refractivity (Wildman–Crippen MR) is 80.4 cm³/mol. The maximum Gasteiger partial charge on any atom is 0.251 e. The number of nitrogens with one attached hydrogen (secondary N) is 2. The number of rotatable bonds is 9. The highest BCUT2D eigenvalue weighted by atomic mass is 16.5. The van der Waals surface area contributed by atoms with Gasteiger partial charge in [0.2, 0.25) is 5.91 Å². The molecule has 0 aliphatic carbocycles. The van der Waals surface area contributed by atoms with Gasteiger partial charge in [-0.1, -0.05) is 0 Å². The van der Waals surface area contributed by atoms with Crippen molar-refractivity contribution in [2.24, 2.45) is 0 Å². The van der Waals surface area contributed by atoms with Crippen LogP contribution in [0.25, 0.3) is 0 Å². The average Bonchev–Trinajstić information content (AvgIpc) is 2.46. The second kappa shape index (κ2) is 9.90. The molecule has 2 N–H and O–H groups in total. The van der Waals surface area contributed by atoms with Crippen molar-refractivity contribution in [2.45, 2.75) is 13.3 Å². The smallest absolute Gasteiger partial charge is 0.251 e. The van der Waals surface area contributed by atoms with E-state index in [-0.39, 0.29) is 11.8 Å². The number of hydrogen-bond acceptors (Lipinski definition) is 4. The molecule has 116 valence electrons. The van der Waals surface area contributed by atoms with Crippen LogP contribution in [0.2, 0.25) is 0 Å². The zero-order valence-electron chi connectivity index (χ0n) is 12.5. The molecule has 0 aromatic heterocycles. The molecule has 1 aromatic carbocycles. The standard InChI is InChI=1S/C15H22N2O4/c1-12(18)17-14-6-4-13(5-7-14)15(19)16-8-3-9-21-11-10-20-2/h4-7H,3,8-11H2,1-2H3,(H,16,19)(H,17,18). The molecule has 0 saturated heterocycles. The van der Waals surface area contributed by atoms with Gasteiger partial charge >= 0.3 is 0 Å². The molecule has 0 saturated carbocycles. The monoisotopic (exact) mass is 294 g/mol. The fraction of sp³-hybridized carbons (Fsp3) is 0.467. The Hall–Kier alpha value is -1.92. The molecule has 0 aliphatic heterocycles. The maximum atomic E-state index is 11.9. The van der Waals surface area contributed by atoms with Crippen molar-refractivity contribution in [3.63, 3.8) is 0 Å². The fourth-order valence-corrected chi connectivity index (χ4v) is 1.63. The summed E-state index contributed by atoms with van der Waals surface area (Å²) in [6, 6.07) is 6.75. The molecule has 6 heteroatoms. The van der Waals surface area contributed by atoms with Gasteiger partial charge in [0.1, 0.15) is 0 Å². The first-order chi connectivity index (χ1) is 10.1. The lowest BCUT2D eigenvalue weighted by atomic mass is 10.2. The van der Waals surface area contributed by atoms with Crippen molar-refractivity contribution in [3.8, 4) is 0 Å². The summed E-state index contributed by atoms with van der Waals surface area (Å²) in [6.45, 7) is 3.72. The van der Waals surface area contributed by atoms with E-state index < -0.39 is 0 Å². The minimum absolute atomic E-state index is 0.138. The zero-order valence-corrected chi connectivity index (χ0v) is 12.5. The van der Waals surface area contributed by atoms with Gasteiger partial charge in [-0.25, -0.2) is 0 Å². The van der Waals surface area contributed by atoms with Crippen molar-refractivity contribution in [3.05, 3.63) is 29.8 Å². The van der Waals surface area contributed by atoms with Crippen molar-refractivity contribution < 1.29 is 19.1 Å². The lowest BCUT2D eigenvalue weighted by Crippen LogP contribution is -2.25. The fourth-order valence-electron chi connectivity index (χ4n) is 1.63. The zero-order chi connectivity index (χ0) is 15.5. The van der Waals surface area contributed by atoms with Crippen molar-refractivity contribution in [1.82, 2.24) is 5.32 Å². The van der Waals surface area contributed by atoms with Crippen molar-refractivity contribution >= 4 is 17.5 Å². The van der Waals surface area contributed by atoms with Gasteiger partial charge in [-0.05, 0) is 30.7 Å². The van der Waals surface area contributed by atoms with E-state index in [0.717, 1.165) is 6.42 Å². The van der Waals surface area contributed by atoms with Crippen LogP contribution >= 0.6 is 0 Å². The molecule has 0 atom stereocenters. The number of amides is 2. The van der Waals surface area contributed by atoms with Gasteiger partial charge in [0.15, 0.2) is 0 Å². The van der Waals surface area contributed by atoms with E-state index >= 15 is 0 Å². The van der Waals surface area contributed by atoms with Crippen LogP contribution in [0, 0.1) is 0 Å². The molecule has 1 rings (SSSR count). The van der Waals surface area contributed by atoms with Crippen LogP contribution in [0.4, 0.5) is 5.69 Å². The highest BCUT2D eigenvalue weighted by molar-refractivity contribution is 5.95. The molecular formula is C15H22N2O4. The van der Waals surface area contributed by atoms with Crippen molar-refractivity contribution in [2.75, 3.05) is 38.8 Å². The number of carbonyl (C=O) groups is 2. The minimum atomic E-state index is -0.138. The van der Waals surface area contributed by atoms with E-state index in [1.165, 1.54) is 6.92 Å². The molecule has 2 amide bonds. The van der Waals surface area contributed by atoms with Crippen LogP contribution in [-0.2, 0) is 14.3 Å². The normalized spacial score (nSPS) is 10.2. The largest absolute Gasteiger partial charge is 0.382 e. The second-order valence-electron chi connectivity index (χ2n) is 4.47. The van der Waals surface area contributed by atoms with Crippen LogP contribution < -0.4 is 10.6 Å². The molecule has 0 heterocycles. The third-order valence-electron chi connectivity index (χ3n) is 2.65. The summed E-state index contributed by atoms with van der Waals surface area (Å²) < 4.78 is 10.2. The molecular weight excluding hydrogens is 272 g/mol. The molecule has 0 fully saturated rings. The molecule has 0 bridgehead atoms. The highest BCUT2D eigenvalue weighted by Gasteiger charge is 2.04. The molecule has 1 aromatic rings. The Morgan fingerprint density at radius 3 is 2.43 bits per heavy atom. The Kier molecular flexibility index (Phi) is 8.08. The average molecular weight is 294 g/mol. The number of anilines is 1. The second-order valence-corrected chi connectivity index (χ2v) is 4.47.